The van der Waals surface area contributed by atoms with Crippen LogP contribution in [0.3, 0.4) is 0 Å². The van der Waals surface area contributed by atoms with E-state index in [0.29, 0.717) is 24.9 Å². The van der Waals surface area contributed by atoms with Crippen molar-refractivity contribution in [1.82, 2.24) is 20.2 Å². The highest BCUT2D eigenvalue weighted by Crippen LogP contribution is 2.25. The number of amides is 2. The van der Waals surface area contributed by atoms with E-state index in [1.807, 2.05) is 4.90 Å². The van der Waals surface area contributed by atoms with E-state index < -0.39 is 0 Å². The largest absolute Gasteiger partial charge is 0.352 e. The van der Waals surface area contributed by atoms with Gasteiger partial charge in [0.2, 0.25) is 0 Å². The molecule has 1 aliphatic heterocycles. The second-order valence-corrected chi connectivity index (χ2v) is 8.18. The lowest BCUT2D eigenvalue weighted by atomic mass is 9.92. The van der Waals surface area contributed by atoms with Crippen molar-refractivity contribution in [3.05, 3.63) is 54.0 Å². The number of nitrogens with zero attached hydrogens (tertiary/aromatic N) is 4. The average Bonchev–Trinajstić information content (AvgIpc) is 2.77. The van der Waals surface area contributed by atoms with Gasteiger partial charge >= 0.3 is 6.03 Å². The van der Waals surface area contributed by atoms with Crippen LogP contribution in [-0.2, 0) is 0 Å². The van der Waals surface area contributed by atoms with Crippen molar-refractivity contribution in [3.63, 3.8) is 0 Å². The number of urea groups is 1. The van der Waals surface area contributed by atoms with Crippen LogP contribution in [-0.4, -0.2) is 47.1 Å². The Hall–Kier alpha value is -2.63. The molecule has 0 saturated carbocycles. The number of anilines is 1. The molecule has 3 rings (SSSR count). The molecule has 29 heavy (non-hydrogen) atoms. The fourth-order valence-corrected chi connectivity index (χ4v) is 3.72. The fourth-order valence-electron chi connectivity index (χ4n) is 3.72. The van der Waals surface area contributed by atoms with Gasteiger partial charge in [-0.25, -0.2) is 9.78 Å². The van der Waals surface area contributed by atoms with Gasteiger partial charge in [0.25, 0.3) is 0 Å². The van der Waals surface area contributed by atoms with Crippen molar-refractivity contribution in [3.8, 4) is 0 Å². The van der Waals surface area contributed by atoms with Crippen LogP contribution in [0.4, 0.5) is 10.6 Å². The van der Waals surface area contributed by atoms with E-state index in [0.717, 1.165) is 25.3 Å². The van der Waals surface area contributed by atoms with E-state index in [1.165, 1.54) is 11.1 Å². The zero-order valence-electron chi connectivity index (χ0n) is 18.0. The lowest BCUT2D eigenvalue weighted by Gasteiger charge is -2.36. The first-order valence-electron chi connectivity index (χ1n) is 10.7. The van der Waals surface area contributed by atoms with Crippen LogP contribution in [0.25, 0.3) is 0 Å². The highest BCUT2D eigenvalue weighted by atomic mass is 16.2. The van der Waals surface area contributed by atoms with Gasteiger partial charge in [-0.3, -0.25) is 4.98 Å². The summed E-state index contributed by atoms with van der Waals surface area (Å²) in [5.74, 6) is 1.74. The predicted octanol–water partition coefficient (Wildman–Crippen LogP) is 4.22. The highest BCUT2D eigenvalue weighted by molar-refractivity contribution is 5.75. The normalized spacial score (nSPS) is 16.6. The molecule has 1 saturated heterocycles. The Labute approximate surface area is 174 Å². The highest BCUT2D eigenvalue weighted by Gasteiger charge is 2.25. The molecule has 2 amide bonds. The van der Waals surface area contributed by atoms with Gasteiger partial charge in [-0.1, -0.05) is 52.0 Å². The van der Waals surface area contributed by atoms with E-state index in [-0.39, 0.29) is 12.1 Å². The molecule has 2 atom stereocenters. The Morgan fingerprint density at radius 1 is 1.03 bits per heavy atom. The van der Waals surface area contributed by atoms with Crippen LogP contribution in [0, 0.1) is 5.92 Å². The van der Waals surface area contributed by atoms with Gasteiger partial charge in [0, 0.05) is 38.6 Å². The van der Waals surface area contributed by atoms with Gasteiger partial charge in [0.1, 0.15) is 5.82 Å². The first-order chi connectivity index (χ1) is 14.0. The molecule has 1 N–H and O–H groups in total. The van der Waals surface area contributed by atoms with E-state index >= 15 is 0 Å². The van der Waals surface area contributed by atoms with Gasteiger partial charge in [-0.15, -0.1) is 0 Å². The Bertz CT molecular complexity index is 770. The fraction of sp³-hybridized carbons (Fsp3) is 0.522. The Balaban J connectivity index is 1.60. The summed E-state index contributed by atoms with van der Waals surface area (Å²) in [6.45, 7) is 11.7. The summed E-state index contributed by atoms with van der Waals surface area (Å²) in [5, 5.41) is 3.26. The zero-order valence-corrected chi connectivity index (χ0v) is 18.0. The van der Waals surface area contributed by atoms with Crippen molar-refractivity contribution in [2.45, 2.75) is 46.1 Å². The van der Waals surface area contributed by atoms with Crippen LogP contribution in [0.1, 0.15) is 57.2 Å². The molecule has 0 aliphatic carbocycles. The monoisotopic (exact) mass is 395 g/mol. The van der Waals surface area contributed by atoms with Crippen LogP contribution >= 0.6 is 0 Å². The maximum atomic E-state index is 12.9. The topological polar surface area (TPSA) is 61.4 Å². The molecule has 0 unspecified atom stereocenters. The van der Waals surface area contributed by atoms with Crippen molar-refractivity contribution in [2.24, 2.45) is 5.92 Å². The summed E-state index contributed by atoms with van der Waals surface area (Å²) in [5.41, 5.74) is 2.52. The van der Waals surface area contributed by atoms with Crippen molar-refractivity contribution in [1.29, 1.82) is 0 Å². The molecule has 6 nitrogen and oxygen atoms in total. The first-order valence-corrected chi connectivity index (χ1v) is 10.7. The lowest BCUT2D eigenvalue weighted by Crippen LogP contribution is -2.52. The first kappa shape index (κ1) is 21.1. The van der Waals surface area contributed by atoms with Gasteiger partial charge in [-0.2, -0.15) is 0 Å². The van der Waals surface area contributed by atoms with E-state index in [2.05, 4.69) is 72.1 Å². The summed E-state index contributed by atoms with van der Waals surface area (Å²) >= 11 is 0. The smallest absolute Gasteiger partial charge is 0.318 e. The molecule has 0 bridgehead atoms. The van der Waals surface area contributed by atoms with E-state index in [1.54, 1.807) is 18.6 Å². The molecule has 1 fully saturated rings. The third-order valence-electron chi connectivity index (χ3n) is 5.86. The Morgan fingerprint density at radius 2 is 1.69 bits per heavy atom. The second-order valence-electron chi connectivity index (χ2n) is 8.18. The standard InChI is InChI=1S/C23H33N5O/c1-5-18(4)19-6-8-20(9-7-19)22(17(2)3)26-23(29)28-14-12-27(13-15-28)21-16-24-10-11-25-21/h6-11,16-18,22H,5,12-15H2,1-4H3,(H,26,29)/t18-,22-/m0/s1. The zero-order chi connectivity index (χ0) is 20.8. The molecule has 1 aromatic heterocycles. The minimum atomic E-state index is 0.00602. The van der Waals surface area contributed by atoms with Crippen LogP contribution in [0.15, 0.2) is 42.9 Å². The number of benzene rings is 1. The average molecular weight is 396 g/mol. The van der Waals surface area contributed by atoms with Gasteiger partial charge in [-0.05, 0) is 29.4 Å². The van der Waals surface area contributed by atoms with E-state index in [9.17, 15) is 4.79 Å². The lowest BCUT2D eigenvalue weighted by molar-refractivity contribution is 0.186. The predicted molar refractivity (Wildman–Crippen MR) is 117 cm³/mol. The van der Waals surface area contributed by atoms with Crippen molar-refractivity contribution >= 4 is 11.8 Å². The number of carbonyl (C=O) groups excluding carboxylic acids is 1. The van der Waals surface area contributed by atoms with Gasteiger partial charge in [0.15, 0.2) is 0 Å². The van der Waals surface area contributed by atoms with Crippen molar-refractivity contribution in [2.75, 3.05) is 31.1 Å². The molecule has 2 aromatic rings. The molecule has 1 aromatic carbocycles. The van der Waals surface area contributed by atoms with Gasteiger partial charge < -0.3 is 15.1 Å². The molecule has 6 heteroatoms. The molecule has 2 heterocycles. The molecular weight excluding hydrogens is 362 g/mol. The number of hydrogen-bond donors (Lipinski definition) is 1. The number of aromatic nitrogens is 2. The Morgan fingerprint density at radius 3 is 2.24 bits per heavy atom. The number of carbonyl (C=O) groups is 1. The SMILES string of the molecule is CC[C@H](C)c1ccc([C@@H](NC(=O)N2CCN(c3cnccn3)CC2)C(C)C)cc1. The quantitative estimate of drug-likeness (QED) is 0.795. The van der Waals surface area contributed by atoms with Crippen LogP contribution in [0.5, 0.6) is 0 Å². The van der Waals surface area contributed by atoms with Gasteiger partial charge in [0.05, 0.1) is 12.2 Å². The van der Waals surface area contributed by atoms with Crippen LogP contribution < -0.4 is 10.2 Å². The third-order valence-corrected chi connectivity index (χ3v) is 5.86. The molecule has 0 spiro atoms. The maximum absolute atomic E-state index is 12.9. The number of nitrogens with one attached hydrogen (secondary N) is 1. The van der Waals surface area contributed by atoms with Crippen molar-refractivity contribution < 1.29 is 4.79 Å². The second kappa shape index (κ2) is 9.72. The summed E-state index contributed by atoms with van der Waals surface area (Å²) in [6.07, 6.45) is 6.28. The summed E-state index contributed by atoms with van der Waals surface area (Å²) < 4.78 is 0. The number of hydrogen-bond acceptors (Lipinski definition) is 4. The molecule has 1 aliphatic rings. The molecule has 0 radical (unpaired) electrons. The van der Waals surface area contributed by atoms with E-state index in [4.69, 9.17) is 0 Å². The summed E-state index contributed by atoms with van der Waals surface area (Å²) in [7, 11) is 0. The minimum absolute atomic E-state index is 0.00602. The summed E-state index contributed by atoms with van der Waals surface area (Å²) in [6, 6.07) is 8.74. The molecular formula is C23H33N5O. The molecule has 156 valence electrons. The Kier molecular flexibility index (Phi) is 7.07. The number of rotatable bonds is 6. The third kappa shape index (κ3) is 5.25. The van der Waals surface area contributed by atoms with Crippen LogP contribution in [0.2, 0.25) is 0 Å². The number of piperazine rings is 1. The maximum Gasteiger partial charge on any atom is 0.318 e. The minimum Gasteiger partial charge on any atom is -0.352 e. The summed E-state index contributed by atoms with van der Waals surface area (Å²) in [4.78, 5) is 25.5.